The normalized spacial score (nSPS) is 29.7. The average molecular weight is 337 g/mol. The van der Waals surface area contributed by atoms with Crippen molar-refractivity contribution in [2.45, 2.75) is 65.1 Å². The molecule has 0 saturated carbocycles. The van der Waals surface area contributed by atoms with E-state index in [2.05, 4.69) is 35.1 Å². The van der Waals surface area contributed by atoms with Crippen molar-refractivity contribution >= 4 is 11.3 Å². The number of rotatable bonds is 4. The van der Waals surface area contributed by atoms with E-state index >= 15 is 0 Å². The quantitative estimate of drug-likeness (QED) is 0.908. The fraction of sp³-hybridized carbons (Fsp3) is 0.789. The molecular weight excluding hydrogens is 304 g/mol. The van der Waals surface area contributed by atoms with Crippen LogP contribution in [-0.2, 0) is 13.1 Å². The van der Waals surface area contributed by atoms with Crippen LogP contribution in [0.1, 0.15) is 56.9 Å². The Bertz CT molecular complexity index is 517. The lowest BCUT2D eigenvalue weighted by Gasteiger charge is -2.48. The third kappa shape index (κ3) is 4.16. The van der Waals surface area contributed by atoms with Crippen molar-refractivity contribution in [2.75, 3.05) is 26.2 Å². The molecule has 130 valence electrons. The number of thiophene rings is 1. The molecule has 0 aromatic carbocycles. The topological polar surface area (TPSA) is 26.7 Å². The van der Waals surface area contributed by atoms with Crippen molar-refractivity contribution in [2.24, 2.45) is 5.41 Å². The van der Waals surface area contributed by atoms with E-state index in [0.717, 1.165) is 32.6 Å². The largest absolute Gasteiger partial charge is 0.390 e. The van der Waals surface area contributed by atoms with Crippen LogP contribution >= 0.6 is 11.3 Å². The van der Waals surface area contributed by atoms with Gasteiger partial charge in [0.25, 0.3) is 0 Å². The van der Waals surface area contributed by atoms with Gasteiger partial charge in [0.05, 0.1) is 5.60 Å². The Hall–Kier alpha value is -0.420. The molecule has 4 heteroatoms. The number of piperidine rings is 2. The van der Waals surface area contributed by atoms with Crippen LogP contribution in [0.4, 0.5) is 0 Å². The molecule has 1 aromatic heterocycles. The molecular formula is C19H32N2OS. The van der Waals surface area contributed by atoms with Crippen LogP contribution in [0.5, 0.6) is 0 Å². The van der Waals surface area contributed by atoms with Gasteiger partial charge in [0.2, 0.25) is 0 Å². The average Bonchev–Trinajstić information content (AvgIpc) is 2.91. The van der Waals surface area contributed by atoms with Crippen molar-refractivity contribution in [3.8, 4) is 0 Å². The van der Waals surface area contributed by atoms with Gasteiger partial charge < -0.3 is 5.11 Å². The van der Waals surface area contributed by atoms with E-state index in [4.69, 9.17) is 0 Å². The summed E-state index contributed by atoms with van der Waals surface area (Å²) in [6, 6.07) is 2.40. The van der Waals surface area contributed by atoms with Crippen LogP contribution in [-0.4, -0.2) is 46.7 Å². The third-order valence-corrected chi connectivity index (χ3v) is 6.90. The van der Waals surface area contributed by atoms with Crippen LogP contribution in [0.25, 0.3) is 0 Å². The Morgan fingerprint density at radius 1 is 1.04 bits per heavy atom. The summed E-state index contributed by atoms with van der Waals surface area (Å²) < 4.78 is 0. The monoisotopic (exact) mass is 336 g/mol. The molecule has 3 heterocycles. The first-order valence-electron chi connectivity index (χ1n) is 9.09. The third-order valence-electron chi connectivity index (χ3n) is 5.93. The Morgan fingerprint density at radius 3 is 2.48 bits per heavy atom. The number of hydrogen-bond acceptors (Lipinski definition) is 4. The van der Waals surface area contributed by atoms with Crippen molar-refractivity contribution < 1.29 is 5.11 Å². The molecule has 2 aliphatic rings. The standard InChI is InChI=1S/C19H32N2OS/c1-18(2)15-21(10-7-19(18,3)22)13-17-11-16(14-23-17)12-20-8-5-4-6-9-20/h11,14,22H,4-10,12-13,15H2,1-3H3/t19-/m1/s1. The Labute approximate surface area is 145 Å². The number of likely N-dealkylation sites (tertiary alicyclic amines) is 2. The summed E-state index contributed by atoms with van der Waals surface area (Å²) in [6.45, 7) is 13.0. The lowest BCUT2D eigenvalue weighted by Crippen LogP contribution is -2.55. The predicted octanol–water partition coefficient (Wildman–Crippen LogP) is 3.72. The zero-order chi connectivity index (χ0) is 16.5. The Morgan fingerprint density at radius 2 is 1.78 bits per heavy atom. The van der Waals surface area contributed by atoms with E-state index in [1.54, 1.807) is 0 Å². The van der Waals surface area contributed by atoms with Gasteiger partial charge in [0, 0.05) is 36.5 Å². The predicted molar refractivity (Wildman–Crippen MR) is 97.7 cm³/mol. The summed E-state index contributed by atoms with van der Waals surface area (Å²) in [4.78, 5) is 6.57. The molecule has 2 saturated heterocycles. The second-order valence-corrected chi connectivity index (χ2v) is 9.37. The molecule has 2 fully saturated rings. The first kappa shape index (κ1) is 17.4. The lowest BCUT2D eigenvalue weighted by atomic mass is 9.71. The zero-order valence-corrected chi connectivity index (χ0v) is 15.8. The van der Waals surface area contributed by atoms with Crippen LogP contribution in [0, 0.1) is 5.41 Å². The van der Waals surface area contributed by atoms with Crippen LogP contribution < -0.4 is 0 Å². The summed E-state index contributed by atoms with van der Waals surface area (Å²) in [6.07, 6.45) is 4.99. The summed E-state index contributed by atoms with van der Waals surface area (Å²) in [5.41, 5.74) is 0.896. The highest BCUT2D eigenvalue weighted by molar-refractivity contribution is 7.10. The van der Waals surface area contributed by atoms with Gasteiger partial charge in [-0.05, 0) is 56.3 Å². The highest BCUT2D eigenvalue weighted by Gasteiger charge is 2.43. The molecule has 23 heavy (non-hydrogen) atoms. The summed E-state index contributed by atoms with van der Waals surface area (Å²) in [7, 11) is 0. The molecule has 1 atom stereocenters. The van der Waals surface area contributed by atoms with E-state index < -0.39 is 5.60 Å². The zero-order valence-electron chi connectivity index (χ0n) is 15.0. The molecule has 0 aliphatic carbocycles. The lowest BCUT2D eigenvalue weighted by molar-refractivity contribution is -0.106. The van der Waals surface area contributed by atoms with Gasteiger partial charge in [-0.3, -0.25) is 9.80 Å². The smallest absolute Gasteiger partial charge is 0.0694 e. The van der Waals surface area contributed by atoms with Crippen LogP contribution in [0.15, 0.2) is 11.4 Å². The molecule has 0 amide bonds. The molecule has 0 unspecified atom stereocenters. The van der Waals surface area contributed by atoms with Gasteiger partial charge in [-0.2, -0.15) is 0 Å². The first-order valence-corrected chi connectivity index (χ1v) is 9.97. The minimum Gasteiger partial charge on any atom is -0.390 e. The minimum atomic E-state index is -0.543. The van der Waals surface area contributed by atoms with Gasteiger partial charge in [0.1, 0.15) is 0 Å². The van der Waals surface area contributed by atoms with Crippen LogP contribution in [0.2, 0.25) is 0 Å². The highest BCUT2D eigenvalue weighted by Crippen LogP contribution is 2.38. The number of aliphatic hydroxyl groups is 1. The van der Waals surface area contributed by atoms with Crippen molar-refractivity contribution in [3.05, 3.63) is 21.9 Å². The van der Waals surface area contributed by atoms with Gasteiger partial charge in [-0.25, -0.2) is 0 Å². The van der Waals surface area contributed by atoms with Crippen LogP contribution in [0.3, 0.4) is 0 Å². The van der Waals surface area contributed by atoms with Gasteiger partial charge in [0.15, 0.2) is 0 Å². The maximum Gasteiger partial charge on any atom is 0.0694 e. The molecule has 0 bridgehead atoms. The number of hydrogen-bond donors (Lipinski definition) is 1. The van der Waals surface area contributed by atoms with E-state index in [1.165, 1.54) is 42.8 Å². The van der Waals surface area contributed by atoms with Gasteiger partial charge in [-0.15, -0.1) is 11.3 Å². The molecule has 1 aromatic rings. The summed E-state index contributed by atoms with van der Waals surface area (Å²) in [5, 5.41) is 12.9. The molecule has 1 N–H and O–H groups in total. The number of nitrogens with zero attached hydrogens (tertiary/aromatic N) is 2. The highest BCUT2D eigenvalue weighted by atomic mass is 32.1. The molecule has 3 nitrogen and oxygen atoms in total. The Balaban J connectivity index is 1.55. The van der Waals surface area contributed by atoms with Crippen molar-refractivity contribution in [1.29, 1.82) is 0 Å². The summed E-state index contributed by atoms with van der Waals surface area (Å²) in [5.74, 6) is 0. The van der Waals surface area contributed by atoms with Gasteiger partial charge in [-0.1, -0.05) is 20.3 Å². The van der Waals surface area contributed by atoms with E-state index in [-0.39, 0.29) is 5.41 Å². The maximum absolute atomic E-state index is 10.5. The van der Waals surface area contributed by atoms with Crippen molar-refractivity contribution in [3.63, 3.8) is 0 Å². The summed E-state index contributed by atoms with van der Waals surface area (Å²) >= 11 is 1.90. The Kier molecular flexibility index (Phi) is 5.17. The maximum atomic E-state index is 10.5. The molecule has 2 aliphatic heterocycles. The van der Waals surface area contributed by atoms with E-state index in [1.807, 2.05) is 18.3 Å². The van der Waals surface area contributed by atoms with Crippen molar-refractivity contribution in [1.82, 2.24) is 9.80 Å². The fourth-order valence-electron chi connectivity index (χ4n) is 3.85. The van der Waals surface area contributed by atoms with E-state index in [0.29, 0.717) is 0 Å². The SMILES string of the molecule is CC1(C)CN(Cc2cc(CN3CCCCC3)cs2)CC[C@@]1(C)O. The molecule has 0 spiro atoms. The first-order chi connectivity index (χ1) is 10.9. The second-order valence-electron chi connectivity index (χ2n) is 8.38. The fourth-order valence-corrected chi connectivity index (χ4v) is 4.77. The second kappa shape index (κ2) is 6.83. The minimum absolute atomic E-state index is 0.0425. The molecule has 0 radical (unpaired) electrons. The van der Waals surface area contributed by atoms with Gasteiger partial charge >= 0.3 is 0 Å². The van der Waals surface area contributed by atoms with E-state index in [9.17, 15) is 5.11 Å². The molecule has 3 rings (SSSR count).